The number of nitrogens with one attached hydrogen (secondary N) is 1. The number of carbonyl (C=O) groups excluding carboxylic acids is 2. The second-order valence-corrected chi connectivity index (χ2v) is 8.27. The monoisotopic (exact) mass is 420 g/mol. The molecule has 0 spiro atoms. The maximum atomic E-state index is 13.2. The van der Waals surface area contributed by atoms with Crippen molar-refractivity contribution in [2.45, 2.75) is 20.3 Å². The van der Waals surface area contributed by atoms with Gasteiger partial charge in [0.2, 0.25) is 0 Å². The minimum atomic E-state index is -0.603. The van der Waals surface area contributed by atoms with E-state index in [9.17, 15) is 9.59 Å². The van der Waals surface area contributed by atoms with Crippen molar-refractivity contribution < 1.29 is 9.59 Å². The van der Waals surface area contributed by atoms with E-state index in [0.717, 1.165) is 5.56 Å². The Morgan fingerprint density at radius 2 is 1.97 bits per heavy atom. The summed E-state index contributed by atoms with van der Waals surface area (Å²) in [5, 5.41) is 3.38. The number of hydrogen-bond donors (Lipinski definition) is 1. The van der Waals surface area contributed by atoms with E-state index in [0.29, 0.717) is 40.9 Å². The van der Waals surface area contributed by atoms with Gasteiger partial charge in [0.15, 0.2) is 5.78 Å². The largest absolute Gasteiger partial charge is 0.328 e. The summed E-state index contributed by atoms with van der Waals surface area (Å²) in [5.41, 5.74) is 1.28. The molecule has 6 nitrogen and oxygen atoms in total. The van der Waals surface area contributed by atoms with E-state index in [1.54, 1.807) is 48.7 Å². The number of benzene rings is 1. The molecule has 4 rings (SSSR count). The Morgan fingerprint density at radius 3 is 2.70 bits per heavy atom. The standard InChI is InChI=1S/C23H21ClN4O2/c1-23(2)11-13-28(22(30)27-19-8-3-4-12-25-19)21-17(20(23)29)9-10-18(26-21)15-6-5-7-16(24)14-15/h3-10,12,14H,11,13H2,1-2H3,(H,25,27,30). The number of Topliss-reactive ketones (excluding diaryl/α,β-unsaturated/α-hetero) is 1. The van der Waals surface area contributed by atoms with E-state index in [4.69, 9.17) is 16.6 Å². The first-order chi connectivity index (χ1) is 14.3. The summed E-state index contributed by atoms with van der Waals surface area (Å²) in [7, 11) is 0. The van der Waals surface area contributed by atoms with E-state index in [-0.39, 0.29) is 11.8 Å². The third-order valence-electron chi connectivity index (χ3n) is 5.22. The van der Waals surface area contributed by atoms with Gasteiger partial charge in [-0.2, -0.15) is 0 Å². The van der Waals surface area contributed by atoms with Gasteiger partial charge in [-0.1, -0.05) is 43.6 Å². The zero-order valence-electron chi connectivity index (χ0n) is 16.7. The van der Waals surface area contributed by atoms with Gasteiger partial charge in [-0.25, -0.2) is 14.8 Å². The molecule has 152 valence electrons. The van der Waals surface area contributed by atoms with Crippen molar-refractivity contribution in [1.29, 1.82) is 0 Å². The second kappa shape index (κ2) is 7.88. The maximum Gasteiger partial charge on any atom is 0.328 e. The maximum absolute atomic E-state index is 13.2. The molecule has 1 aliphatic heterocycles. The minimum Gasteiger partial charge on any atom is -0.293 e. The van der Waals surface area contributed by atoms with Crippen LogP contribution in [-0.2, 0) is 0 Å². The van der Waals surface area contributed by atoms with Crippen LogP contribution in [0.15, 0.2) is 60.8 Å². The Morgan fingerprint density at radius 1 is 1.13 bits per heavy atom. The third kappa shape index (κ3) is 3.91. The van der Waals surface area contributed by atoms with Crippen molar-refractivity contribution in [1.82, 2.24) is 9.97 Å². The summed E-state index contributed by atoms with van der Waals surface area (Å²) in [5.74, 6) is 0.747. The fraction of sp³-hybridized carbons (Fsp3) is 0.217. The first-order valence-corrected chi connectivity index (χ1v) is 10.0. The van der Waals surface area contributed by atoms with Crippen LogP contribution in [0.4, 0.5) is 16.4 Å². The van der Waals surface area contributed by atoms with E-state index in [1.165, 1.54) is 4.90 Å². The molecule has 2 aromatic heterocycles. The van der Waals surface area contributed by atoms with Crippen LogP contribution in [0.5, 0.6) is 0 Å². The number of amides is 2. The van der Waals surface area contributed by atoms with E-state index >= 15 is 0 Å². The number of fused-ring (bicyclic) bond motifs is 1. The average molecular weight is 421 g/mol. The molecule has 30 heavy (non-hydrogen) atoms. The normalized spacial score (nSPS) is 15.3. The quantitative estimate of drug-likeness (QED) is 0.598. The highest BCUT2D eigenvalue weighted by Gasteiger charge is 2.37. The Balaban J connectivity index is 1.79. The zero-order valence-corrected chi connectivity index (χ0v) is 17.5. The Kier molecular flexibility index (Phi) is 5.26. The summed E-state index contributed by atoms with van der Waals surface area (Å²) in [6.45, 7) is 4.14. The smallest absolute Gasteiger partial charge is 0.293 e. The fourth-order valence-electron chi connectivity index (χ4n) is 3.43. The number of pyridine rings is 2. The second-order valence-electron chi connectivity index (χ2n) is 7.84. The van der Waals surface area contributed by atoms with E-state index < -0.39 is 5.41 Å². The summed E-state index contributed by atoms with van der Waals surface area (Å²) in [6, 6.07) is 15.8. The number of nitrogens with zero attached hydrogens (tertiary/aromatic N) is 3. The zero-order chi connectivity index (χ0) is 21.3. The first kappa shape index (κ1) is 20.0. The number of ketones is 1. The molecular weight excluding hydrogens is 400 g/mol. The van der Waals surface area contributed by atoms with Gasteiger partial charge in [-0.05, 0) is 42.8 Å². The van der Waals surface area contributed by atoms with Gasteiger partial charge in [-0.3, -0.25) is 15.0 Å². The van der Waals surface area contributed by atoms with Crippen LogP contribution < -0.4 is 10.2 Å². The Labute approximate surface area is 179 Å². The number of carbonyl (C=O) groups is 2. The molecular formula is C23H21ClN4O2. The lowest BCUT2D eigenvalue weighted by atomic mass is 9.82. The SMILES string of the molecule is CC1(C)CCN(C(=O)Nc2ccccn2)c2nc(-c3cccc(Cl)c3)ccc2C1=O. The van der Waals surface area contributed by atoms with Crippen LogP contribution in [0.25, 0.3) is 11.3 Å². The molecule has 1 aromatic carbocycles. The highest BCUT2D eigenvalue weighted by Crippen LogP contribution is 2.36. The predicted molar refractivity (Wildman–Crippen MR) is 118 cm³/mol. The molecule has 7 heteroatoms. The molecule has 0 atom stereocenters. The lowest BCUT2D eigenvalue weighted by molar-refractivity contribution is 0.0835. The highest BCUT2D eigenvalue weighted by molar-refractivity contribution is 6.30. The summed E-state index contributed by atoms with van der Waals surface area (Å²) < 4.78 is 0. The lowest BCUT2D eigenvalue weighted by Gasteiger charge is -2.23. The lowest BCUT2D eigenvalue weighted by Crippen LogP contribution is -2.37. The van der Waals surface area contributed by atoms with Gasteiger partial charge >= 0.3 is 6.03 Å². The van der Waals surface area contributed by atoms with Crippen LogP contribution in [-0.4, -0.2) is 28.3 Å². The number of urea groups is 1. The summed E-state index contributed by atoms with van der Waals surface area (Å²) in [4.78, 5) is 36.6. The average Bonchev–Trinajstić information content (AvgIpc) is 2.83. The van der Waals surface area contributed by atoms with Crippen LogP contribution in [0.2, 0.25) is 5.02 Å². The molecule has 2 amide bonds. The number of aromatic nitrogens is 2. The van der Waals surface area contributed by atoms with Crippen LogP contribution in [0, 0.1) is 5.41 Å². The Hall–Kier alpha value is -3.25. The van der Waals surface area contributed by atoms with E-state index in [2.05, 4.69) is 10.3 Å². The Bertz CT molecular complexity index is 1120. The third-order valence-corrected chi connectivity index (χ3v) is 5.45. The van der Waals surface area contributed by atoms with Gasteiger partial charge in [0, 0.05) is 28.7 Å². The van der Waals surface area contributed by atoms with Crippen LogP contribution in [0.1, 0.15) is 30.6 Å². The van der Waals surface area contributed by atoms with Crippen molar-refractivity contribution in [2.75, 3.05) is 16.8 Å². The molecule has 1 N–H and O–H groups in total. The molecule has 0 saturated carbocycles. The summed E-state index contributed by atoms with van der Waals surface area (Å²) >= 11 is 6.13. The molecule has 0 saturated heterocycles. The molecule has 0 fully saturated rings. The van der Waals surface area contributed by atoms with Crippen molar-refractivity contribution in [3.63, 3.8) is 0 Å². The molecule has 0 aliphatic carbocycles. The van der Waals surface area contributed by atoms with Gasteiger partial charge < -0.3 is 0 Å². The minimum absolute atomic E-state index is 0.0317. The number of rotatable bonds is 2. The molecule has 0 bridgehead atoms. The van der Waals surface area contributed by atoms with Crippen molar-refractivity contribution >= 4 is 35.1 Å². The first-order valence-electron chi connectivity index (χ1n) is 9.66. The molecule has 3 heterocycles. The van der Waals surface area contributed by atoms with Gasteiger partial charge in [0.25, 0.3) is 0 Å². The van der Waals surface area contributed by atoms with Crippen molar-refractivity contribution in [3.8, 4) is 11.3 Å². The predicted octanol–water partition coefficient (Wildman–Crippen LogP) is 5.45. The van der Waals surface area contributed by atoms with Crippen molar-refractivity contribution in [2.24, 2.45) is 5.41 Å². The van der Waals surface area contributed by atoms with E-state index in [1.807, 2.05) is 26.0 Å². The topological polar surface area (TPSA) is 75.2 Å². The number of anilines is 2. The highest BCUT2D eigenvalue weighted by atomic mass is 35.5. The number of halogens is 1. The fourth-order valence-corrected chi connectivity index (χ4v) is 3.62. The van der Waals surface area contributed by atoms with Gasteiger partial charge in [-0.15, -0.1) is 0 Å². The van der Waals surface area contributed by atoms with Gasteiger partial charge in [0.05, 0.1) is 11.3 Å². The summed E-state index contributed by atoms with van der Waals surface area (Å²) in [6.07, 6.45) is 2.12. The van der Waals surface area contributed by atoms with Gasteiger partial charge in [0.1, 0.15) is 11.6 Å². The molecule has 0 unspecified atom stereocenters. The molecule has 1 aliphatic rings. The number of hydrogen-bond acceptors (Lipinski definition) is 4. The molecule has 3 aromatic rings. The van der Waals surface area contributed by atoms with Crippen molar-refractivity contribution in [3.05, 3.63) is 71.4 Å². The molecule has 0 radical (unpaired) electrons. The van der Waals surface area contributed by atoms with Crippen LogP contribution in [0.3, 0.4) is 0 Å². The van der Waals surface area contributed by atoms with Crippen LogP contribution >= 0.6 is 11.6 Å².